The van der Waals surface area contributed by atoms with E-state index >= 15 is 0 Å². The molecule has 2 unspecified atom stereocenters. The molecule has 5 rings (SSSR count). The molecular weight excluding hydrogens is 400 g/mol. The van der Waals surface area contributed by atoms with Gasteiger partial charge in [0.2, 0.25) is 5.91 Å². The minimum absolute atomic E-state index is 0.0657. The van der Waals surface area contributed by atoms with Crippen LogP contribution in [0.2, 0.25) is 0 Å². The number of rotatable bonds is 6. The summed E-state index contributed by atoms with van der Waals surface area (Å²) in [4.78, 5) is 34.1. The molecule has 6 nitrogen and oxygen atoms in total. The normalized spacial score (nSPS) is 22.9. The number of nitrogens with zero attached hydrogens (tertiary/aromatic N) is 3. The number of primary amides is 1. The van der Waals surface area contributed by atoms with E-state index in [0.717, 1.165) is 36.8 Å². The topological polar surface area (TPSA) is 79.5 Å². The van der Waals surface area contributed by atoms with E-state index in [1.807, 2.05) is 41.3 Å². The molecule has 3 aromatic rings. The third-order valence-corrected chi connectivity index (χ3v) is 6.91. The van der Waals surface area contributed by atoms with Gasteiger partial charge < -0.3 is 10.6 Å². The van der Waals surface area contributed by atoms with Crippen molar-refractivity contribution >= 4 is 22.7 Å². The number of amides is 2. The molecule has 0 aliphatic carbocycles. The van der Waals surface area contributed by atoms with Crippen LogP contribution < -0.4 is 5.73 Å². The molecule has 2 N–H and O–H groups in total. The van der Waals surface area contributed by atoms with Crippen LogP contribution in [0.5, 0.6) is 0 Å². The number of likely N-dealkylation sites (tertiary alicyclic amines) is 2. The van der Waals surface area contributed by atoms with Gasteiger partial charge in [-0.2, -0.15) is 0 Å². The van der Waals surface area contributed by atoms with Gasteiger partial charge in [0.15, 0.2) is 0 Å². The number of carbonyl (C=O) groups is 2. The van der Waals surface area contributed by atoms with Crippen molar-refractivity contribution in [1.82, 2.24) is 14.8 Å². The van der Waals surface area contributed by atoms with Crippen molar-refractivity contribution in [3.05, 3.63) is 78.0 Å². The third-order valence-electron chi connectivity index (χ3n) is 6.91. The predicted octanol–water partition coefficient (Wildman–Crippen LogP) is 2.73. The van der Waals surface area contributed by atoms with E-state index in [4.69, 9.17) is 5.73 Å². The van der Waals surface area contributed by atoms with E-state index in [1.54, 1.807) is 6.07 Å². The molecule has 0 spiro atoms. The second-order valence-corrected chi connectivity index (χ2v) is 8.95. The van der Waals surface area contributed by atoms with Gasteiger partial charge in [-0.1, -0.05) is 54.6 Å². The number of fused-ring (bicyclic) bond motifs is 2. The number of aromatic nitrogens is 1. The van der Waals surface area contributed by atoms with Crippen LogP contribution in [-0.2, 0) is 11.2 Å². The highest BCUT2D eigenvalue weighted by molar-refractivity contribution is 5.95. The lowest BCUT2D eigenvalue weighted by Gasteiger charge is -2.27. The van der Waals surface area contributed by atoms with E-state index in [-0.39, 0.29) is 29.7 Å². The summed E-state index contributed by atoms with van der Waals surface area (Å²) in [6, 6.07) is 21.6. The van der Waals surface area contributed by atoms with E-state index < -0.39 is 0 Å². The molecule has 0 saturated carbocycles. The number of nitrogens with two attached hydrogens (primary N) is 1. The van der Waals surface area contributed by atoms with Crippen molar-refractivity contribution in [2.45, 2.75) is 18.9 Å². The van der Waals surface area contributed by atoms with Gasteiger partial charge in [0.25, 0.3) is 5.91 Å². The number of pyridine rings is 1. The average molecular weight is 429 g/mol. The monoisotopic (exact) mass is 428 g/mol. The van der Waals surface area contributed by atoms with Crippen molar-refractivity contribution in [2.24, 2.45) is 17.6 Å². The zero-order chi connectivity index (χ0) is 22.1. The van der Waals surface area contributed by atoms with Crippen molar-refractivity contribution in [3.63, 3.8) is 0 Å². The Hall–Kier alpha value is -3.25. The molecule has 2 aromatic carbocycles. The number of carbonyl (C=O) groups excluding carboxylic acids is 2. The fourth-order valence-electron chi connectivity index (χ4n) is 5.40. The summed E-state index contributed by atoms with van der Waals surface area (Å²) in [5, 5.41) is 1.02. The molecule has 2 amide bonds. The summed E-state index contributed by atoms with van der Waals surface area (Å²) < 4.78 is 0. The molecule has 2 aliphatic heterocycles. The van der Waals surface area contributed by atoms with Gasteiger partial charge in [-0.25, -0.2) is 4.98 Å². The minimum Gasteiger partial charge on any atom is -0.368 e. The van der Waals surface area contributed by atoms with Gasteiger partial charge in [0.05, 0.1) is 11.6 Å². The highest BCUT2D eigenvalue weighted by Crippen LogP contribution is 2.37. The van der Waals surface area contributed by atoms with Crippen LogP contribution in [0.3, 0.4) is 0 Å². The first-order valence-corrected chi connectivity index (χ1v) is 11.3. The van der Waals surface area contributed by atoms with Crippen LogP contribution in [0.15, 0.2) is 66.7 Å². The first-order valence-electron chi connectivity index (χ1n) is 11.3. The van der Waals surface area contributed by atoms with Crippen LogP contribution in [0.25, 0.3) is 10.9 Å². The second-order valence-electron chi connectivity index (χ2n) is 8.95. The second kappa shape index (κ2) is 8.71. The molecule has 1 aromatic heterocycles. The summed E-state index contributed by atoms with van der Waals surface area (Å²) in [6.07, 6.45) is 1.97. The van der Waals surface area contributed by atoms with Crippen molar-refractivity contribution in [3.8, 4) is 0 Å². The summed E-state index contributed by atoms with van der Waals surface area (Å²) >= 11 is 0. The Labute approximate surface area is 188 Å². The summed E-state index contributed by atoms with van der Waals surface area (Å²) in [6.45, 7) is 2.86. The lowest BCUT2D eigenvalue weighted by atomic mass is 9.94. The molecule has 0 bridgehead atoms. The van der Waals surface area contributed by atoms with E-state index in [9.17, 15) is 9.59 Å². The van der Waals surface area contributed by atoms with Gasteiger partial charge in [-0.15, -0.1) is 0 Å². The van der Waals surface area contributed by atoms with Crippen molar-refractivity contribution in [2.75, 3.05) is 26.2 Å². The molecule has 2 fully saturated rings. The Morgan fingerprint density at radius 3 is 2.53 bits per heavy atom. The molecule has 164 valence electrons. The number of para-hydroxylation sites is 1. The zero-order valence-corrected chi connectivity index (χ0v) is 18.1. The highest BCUT2D eigenvalue weighted by atomic mass is 16.2. The van der Waals surface area contributed by atoms with Gasteiger partial charge in [-0.05, 0) is 43.0 Å². The highest BCUT2D eigenvalue weighted by Gasteiger charge is 2.50. The van der Waals surface area contributed by atoms with Gasteiger partial charge in [0.1, 0.15) is 5.69 Å². The smallest absolute Gasteiger partial charge is 0.272 e. The van der Waals surface area contributed by atoms with E-state index in [1.165, 1.54) is 5.56 Å². The van der Waals surface area contributed by atoms with Gasteiger partial charge >= 0.3 is 0 Å². The molecule has 3 heterocycles. The largest absolute Gasteiger partial charge is 0.368 e. The number of hydrogen-bond donors (Lipinski definition) is 1. The third kappa shape index (κ3) is 3.98. The molecule has 2 aliphatic rings. The lowest BCUT2D eigenvalue weighted by molar-refractivity contribution is -0.123. The average Bonchev–Trinajstić information content (AvgIpc) is 3.36. The molecule has 2 saturated heterocycles. The van der Waals surface area contributed by atoms with Gasteiger partial charge in [0, 0.05) is 30.9 Å². The standard InChI is InChI=1S/C26H28N4O2/c27-25(31)24-21-17-30(26(32)23-13-12-19-10-4-5-11-22(19)28-23)16-20(21)15-29(24)14-6-9-18-7-2-1-3-8-18/h1-5,7-8,10-13,20-21,24H,6,9,14-17H2,(H2,27,31)/t20?,21-,24?/m1/s1. The fourth-order valence-corrected chi connectivity index (χ4v) is 5.40. The van der Waals surface area contributed by atoms with Gasteiger partial charge in [-0.3, -0.25) is 14.5 Å². The van der Waals surface area contributed by atoms with Crippen LogP contribution >= 0.6 is 0 Å². The van der Waals surface area contributed by atoms with Crippen LogP contribution in [0.4, 0.5) is 0 Å². The lowest BCUT2D eigenvalue weighted by Crippen LogP contribution is -2.46. The molecule has 0 radical (unpaired) electrons. The Morgan fingerprint density at radius 2 is 1.72 bits per heavy atom. The molecule has 3 atom stereocenters. The fraction of sp³-hybridized carbons (Fsp3) is 0.346. The van der Waals surface area contributed by atoms with Crippen LogP contribution in [0, 0.1) is 11.8 Å². The van der Waals surface area contributed by atoms with Crippen molar-refractivity contribution < 1.29 is 9.59 Å². The molecular formula is C26H28N4O2. The Morgan fingerprint density at radius 1 is 0.938 bits per heavy atom. The maximum Gasteiger partial charge on any atom is 0.272 e. The van der Waals surface area contributed by atoms with Crippen LogP contribution in [0.1, 0.15) is 22.5 Å². The maximum atomic E-state index is 13.1. The summed E-state index contributed by atoms with van der Waals surface area (Å²) in [5.74, 6) is 0.0154. The number of hydrogen-bond acceptors (Lipinski definition) is 4. The number of aryl methyl sites for hydroxylation is 1. The SMILES string of the molecule is NC(=O)C1[C@@H]2CN(C(=O)c3ccc4ccccc4n3)CC2CN1CCCc1ccccc1. The first kappa shape index (κ1) is 20.6. The Bertz CT molecular complexity index is 1130. The summed E-state index contributed by atoms with van der Waals surface area (Å²) in [7, 11) is 0. The van der Waals surface area contributed by atoms with Crippen molar-refractivity contribution in [1.29, 1.82) is 0 Å². The zero-order valence-electron chi connectivity index (χ0n) is 18.1. The maximum absolute atomic E-state index is 13.1. The first-order chi connectivity index (χ1) is 15.6. The minimum atomic E-state index is -0.307. The quantitative estimate of drug-likeness (QED) is 0.655. The number of benzene rings is 2. The van der Waals surface area contributed by atoms with Crippen LogP contribution in [-0.4, -0.2) is 58.8 Å². The predicted molar refractivity (Wildman–Crippen MR) is 124 cm³/mol. The molecule has 6 heteroatoms. The Kier molecular flexibility index (Phi) is 5.62. The summed E-state index contributed by atoms with van der Waals surface area (Å²) in [5.41, 5.74) is 8.41. The van der Waals surface area contributed by atoms with E-state index in [0.29, 0.717) is 18.8 Å². The Balaban J connectivity index is 1.24. The molecule has 32 heavy (non-hydrogen) atoms. The van der Waals surface area contributed by atoms with E-state index in [2.05, 4.69) is 34.1 Å².